The summed E-state index contributed by atoms with van der Waals surface area (Å²) in [5.74, 6) is 4.80. The van der Waals surface area contributed by atoms with E-state index in [1.54, 1.807) is 6.07 Å². The highest BCUT2D eigenvalue weighted by Crippen LogP contribution is 2.07. The number of hydrogen-bond donors (Lipinski definition) is 3. The maximum atomic E-state index is 10.8. The molecule has 1 aromatic rings. The summed E-state index contributed by atoms with van der Waals surface area (Å²) in [7, 11) is 0. The zero-order valence-electron chi connectivity index (χ0n) is 5.98. The molecule has 0 spiro atoms. The van der Waals surface area contributed by atoms with Crippen molar-refractivity contribution in [2.45, 2.75) is 0 Å². The van der Waals surface area contributed by atoms with Crippen LogP contribution in [0.1, 0.15) is 5.56 Å². The predicted molar refractivity (Wildman–Crippen MR) is 39.5 cm³/mol. The number of nitriles is 1. The summed E-state index contributed by atoms with van der Waals surface area (Å²) in [6.07, 6.45) is 1.19. The van der Waals surface area contributed by atoms with Gasteiger partial charge in [-0.1, -0.05) is 0 Å². The van der Waals surface area contributed by atoms with Gasteiger partial charge in [-0.2, -0.15) is 15.0 Å². The molecule has 7 nitrogen and oxygen atoms in total. The van der Waals surface area contributed by atoms with E-state index in [4.69, 9.17) is 16.8 Å². The Morgan fingerprint density at radius 3 is 2.92 bits per heavy atom. The second kappa shape index (κ2) is 2.89. The molecule has 1 amide bonds. The van der Waals surface area contributed by atoms with E-state index in [9.17, 15) is 4.79 Å². The van der Waals surface area contributed by atoms with Gasteiger partial charge < -0.3 is 5.73 Å². The molecular formula is C5H6N6O. The number of rotatable bonds is 0. The molecule has 0 fully saturated rings. The van der Waals surface area contributed by atoms with Crippen molar-refractivity contribution in [1.29, 1.82) is 5.26 Å². The van der Waals surface area contributed by atoms with Crippen molar-refractivity contribution in [3.8, 4) is 6.07 Å². The Balaban J connectivity index is 3.12. The molecule has 62 valence electrons. The molecule has 7 heteroatoms. The van der Waals surface area contributed by atoms with Crippen molar-refractivity contribution in [2.75, 3.05) is 5.73 Å². The summed E-state index contributed by atoms with van der Waals surface area (Å²) in [5.41, 5.74) is 7.32. The van der Waals surface area contributed by atoms with Crippen molar-refractivity contribution in [3.63, 3.8) is 0 Å². The number of carbonyl (C=O) groups is 1. The van der Waals surface area contributed by atoms with Gasteiger partial charge in [0.25, 0.3) is 0 Å². The molecule has 1 heterocycles. The molecule has 0 saturated heterocycles. The number of nitrogen functional groups attached to an aromatic ring is 2. The van der Waals surface area contributed by atoms with Crippen LogP contribution < -0.4 is 17.0 Å². The van der Waals surface area contributed by atoms with Gasteiger partial charge in [0.15, 0.2) is 0 Å². The first kappa shape index (κ1) is 8.03. The van der Waals surface area contributed by atoms with Gasteiger partial charge in [0, 0.05) is 0 Å². The molecule has 0 unspecified atom stereocenters. The van der Waals surface area contributed by atoms with Gasteiger partial charge in [0.05, 0.1) is 6.20 Å². The minimum absolute atomic E-state index is 0.0274. The molecule has 0 aliphatic carbocycles. The zero-order chi connectivity index (χ0) is 9.14. The Kier molecular flexibility index (Phi) is 1.94. The van der Waals surface area contributed by atoms with E-state index >= 15 is 0 Å². The summed E-state index contributed by atoms with van der Waals surface area (Å²) in [6.45, 7) is 0. The molecule has 12 heavy (non-hydrogen) atoms. The molecule has 5 N–H and O–H groups in total. The molecule has 0 aliphatic rings. The predicted octanol–water partition coefficient (Wildman–Crippen LogP) is -1.23. The Labute approximate surface area is 67.5 Å². The van der Waals surface area contributed by atoms with Crippen molar-refractivity contribution in [2.24, 2.45) is 5.84 Å². The standard InChI is InChI=1S/C5H6N6O/c6-1-3-2-9-11(4(3)7)5(12)10-8/h2H,7-8H2,(H,10,12). The number of nitrogens with one attached hydrogen (secondary N) is 1. The van der Waals surface area contributed by atoms with Crippen molar-refractivity contribution in [1.82, 2.24) is 15.2 Å². The van der Waals surface area contributed by atoms with Crippen LogP contribution in [-0.4, -0.2) is 15.8 Å². The topological polar surface area (TPSA) is 123 Å². The highest BCUT2D eigenvalue weighted by Gasteiger charge is 2.11. The highest BCUT2D eigenvalue weighted by atomic mass is 16.2. The van der Waals surface area contributed by atoms with E-state index in [-0.39, 0.29) is 11.4 Å². The Morgan fingerprint density at radius 2 is 2.50 bits per heavy atom. The fraction of sp³-hybridized carbons (Fsp3) is 0. The van der Waals surface area contributed by atoms with E-state index in [2.05, 4.69) is 5.10 Å². The van der Waals surface area contributed by atoms with Crippen LogP contribution in [0.3, 0.4) is 0 Å². The summed E-state index contributed by atoms with van der Waals surface area (Å²) >= 11 is 0. The van der Waals surface area contributed by atoms with Crippen molar-refractivity contribution < 1.29 is 4.79 Å². The number of aromatic nitrogens is 2. The van der Waals surface area contributed by atoms with Gasteiger partial charge in [-0.15, -0.1) is 0 Å². The van der Waals surface area contributed by atoms with Crippen LogP contribution in [0.2, 0.25) is 0 Å². The Morgan fingerprint density at radius 1 is 1.83 bits per heavy atom. The molecular weight excluding hydrogens is 160 g/mol. The van der Waals surface area contributed by atoms with E-state index in [0.717, 1.165) is 4.68 Å². The molecule has 0 saturated carbocycles. The van der Waals surface area contributed by atoms with Gasteiger partial charge in [-0.05, 0) is 0 Å². The van der Waals surface area contributed by atoms with Crippen LogP contribution in [0.4, 0.5) is 10.6 Å². The van der Waals surface area contributed by atoms with E-state index in [1.807, 2.05) is 5.43 Å². The third-order valence-electron chi connectivity index (χ3n) is 1.24. The molecule has 0 bridgehead atoms. The Bertz CT molecular complexity index is 347. The minimum atomic E-state index is -0.686. The molecule has 0 atom stereocenters. The average molecular weight is 166 g/mol. The van der Waals surface area contributed by atoms with Gasteiger partial charge in [-0.3, -0.25) is 5.43 Å². The summed E-state index contributed by atoms with van der Waals surface area (Å²) in [5, 5.41) is 12.0. The number of nitrogens with two attached hydrogens (primary N) is 2. The summed E-state index contributed by atoms with van der Waals surface area (Å²) in [4.78, 5) is 10.8. The second-order valence-corrected chi connectivity index (χ2v) is 1.92. The highest BCUT2D eigenvalue weighted by molar-refractivity contribution is 5.79. The van der Waals surface area contributed by atoms with E-state index in [0.29, 0.717) is 0 Å². The number of anilines is 1. The van der Waals surface area contributed by atoms with Gasteiger partial charge >= 0.3 is 6.03 Å². The summed E-state index contributed by atoms with van der Waals surface area (Å²) < 4.78 is 0.804. The molecule has 1 rings (SSSR count). The van der Waals surface area contributed by atoms with Crippen molar-refractivity contribution in [3.05, 3.63) is 11.8 Å². The fourth-order valence-electron chi connectivity index (χ4n) is 0.667. The minimum Gasteiger partial charge on any atom is -0.382 e. The largest absolute Gasteiger partial charge is 0.382 e. The maximum Gasteiger partial charge on any atom is 0.358 e. The normalized spacial score (nSPS) is 9.00. The zero-order valence-corrected chi connectivity index (χ0v) is 5.98. The first-order valence-electron chi connectivity index (χ1n) is 2.95. The lowest BCUT2D eigenvalue weighted by molar-refractivity contribution is 0.240. The van der Waals surface area contributed by atoms with Crippen LogP contribution in [-0.2, 0) is 0 Å². The first-order valence-corrected chi connectivity index (χ1v) is 2.95. The number of hydrazine groups is 1. The molecule has 0 aromatic carbocycles. The lowest BCUT2D eigenvalue weighted by Gasteiger charge is -1.99. The number of nitrogens with zero attached hydrogens (tertiary/aromatic N) is 3. The van der Waals surface area contributed by atoms with Gasteiger partial charge in [-0.25, -0.2) is 10.6 Å². The fourth-order valence-corrected chi connectivity index (χ4v) is 0.667. The van der Waals surface area contributed by atoms with E-state index < -0.39 is 6.03 Å². The second-order valence-electron chi connectivity index (χ2n) is 1.92. The Hall–Kier alpha value is -2.07. The third-order valence-corrected chi connectivity index (χ3v) is 1.24. The average Bonchev–Trinajstić information content (AvgIpc) is 2.45. The van der Waals surface area contributed by atoms with E-state index in [1.165, 1.54) is 6.20 Å². The van der Waals surface area contributed by atoms with Crippen LogP contribution in [0, 0.1) is 11.3 Å². The molecule has 0 radical (unpaired) electrons. The molecule has 1 aromatic heterocycles. The van der Waals surface area contributed by atoms with Gasteiger partial charge in [0.1, 0.15) is 17.5 Å². The number of carbonyl (C=O) groups excluding carboxylic acids is 1. The summed E-state index contributed by atoms with van der Waals surface area (Å²) in [6, 6.07) is 1.08. The third kappa shape index (κ3) is 1.06. The lowest BCUT2D eigenvalue weighted by atomic mass is 10.4. The smallest absolute Gasteiger partial charge is 0.358 e. The van der Waals surface area contributed by atoms with Crippen LogP contribution in [0.15, 0.2) is 6.20 Å². The first-order chi connectivity index (χ1) is 5.70. The molecule has 0 aliphatic heterocycles. The number of hydrogen-bond acceptors (Lipinski definition) is 5. The van der Waals surface area contributed by atoms with Crippen LogP contribution in [0.5, 0.6) is 0 Å². The van der Waals surface area contributed by atoms with Gasteiger partial charge in [0.2, 0.25) is 0 Å². The number of amides is 1. The lowest BCUT2D eigenvalue weighted by Crippen LogP contribution is -2.35. The maximum absolute atomic E-state index is 10.8. The van der Waals surface area contributed by atoms with Crippen LogP contribution >= 0.6 is 0 Å². The quantitative estimate of drug-likeness (QED) is 0.253. The van der Waals surface area contributed by atoms with Crippen LogP contribution in [0.25, 0.3) is 0 Å². The SMILES string of the molecule is N#Cc1cnn(C(=O)NN)c1N. The monoisotopic (exact) mass is 166 g/mol. The van der Waals surface area contributed by atoms with Crippen molar-refractivity contribution >= 4 is 11.8 Å².